The van der Waals surface area contributed by atoms with Crippen LogP contribution in [0.25, 0.3) is 0 Å². The Bertz CT molecular complexity index is 1110. The summed E-state index contributed by atoms with van der Waals surface area (Å²) in [6, 6.07) is 21.5. The monoisotopic (exact) mass is 497 g/mol. The summed E-state index contributed by atoms with van der Waals surface area (Å²) in [5.41, 5.74) is 2.32. The second-order valence-corrected chi connectivity index (χ2v) is 7.73. The molecule has 158 valence electrons. The zero-order valence-electron chi connectivity index (χ0n) is 16.6. The molecule has 0 aromatic heterocycles. The summed E-state index contributed by atoms with van der Waals surface area (Å²) in [7, 11) is 1.55. The van der Waals surface area contributed by atoms with Crippen molar-refractivity contribution < 1.29 is 14.3 Å². The van der Waals surface area contributed by atoms with Gasteiger partial charge in [0, 0.05) is 12.1 Å². The van der Waals surface area contributed by atoms with Gasteiger partial charge in [-0.15, -0.1) is 0 Å². The minimum atomic E-state index is -0.383. The van der Waals surface area contributed by atoms with Gasteiger partial charge in [0.05, 0.1) is 22.8 Å². The number of carbonyl (C=O) groups is 2. The topological polar surface area (TPSA) is 79.5 Å². The molecule has 3 aromatic carbocycles. The van der Waals surface area contributed by atoms with Crippen LogP contribution in [0.2, 0.25) is 0 Å². The van der Waals surface area contributed by atoms with Crippen molar-refractivity contribution in [1.82, 2.24) is 10.6 Å². The molecule has 0 heterocycles. The van der Waals surface area contributed by atoms with Gasteiger partial charge in [-0.2, -0.15) is 0 Å². The molecule has 0 saturated heterocycles. The minimum Gasteiger partial charge on any atom is -0.496 e. The maximum absolute atomic E-state index is 12.7. The van der Waals surface area contributed by atoms with E-state index in [-0.39, 0.29) is 16.9 Å². The van der Waals surface area contributed by atoms with Crippen molar-refractivity contribution in [1.29, 1.82) is 0 Å². The van der Waals surface area contributed by atoms with E-state index in [0.717, 1.165) is 5.56 Å². The lowest BCUT2D eigenvalue weighted by molar-refractivity contribution is 0.0950. The number of methoxy groups -OCH3 is 1. The van der Waals surface area contributed by atoms with E-state index in [4.69, 9.17) is 17.0 Å². The van der Waals surface area contributed by atoms with Gasteiger partial charge in [-0.05, 0) is 64.0 Å². The molecule has 0 saturated carbocycles. The minimum absolute atomic E-state index is 0.0836. The van der Waals surface area contributed by atoms with Crippen LogP contribution in [-0.2, 0) is 6.54 Å². The number of para-hydroxylation sites is 1. The van der Waals surface area contributed by atoms with Crippen molar-refractivity contribution in [2.75, 3.05) is 12.4 Å². The molecule has 6 nitrogen and oxygen atoms in total. The van der Waals surface area contributed by atoms with Crippen molar-refractivity contribution >= 4 is 50.8 Å². The number of carbonyl (C=O) groups excluding carboxylic acids is 2. The molecule has 3 N–H and O–H groups in total. The van der Waals surface area contributed by atoms with Crippen molar-refractivity contribution in [2.24, 2.45) is 0 Å². The number of thiocarbonyl (C=S) groups is 1. The number of hydrogen-bond donors (Lipinski definition) is 3. The van der Waals surface area contributed by atoms with Gasteiger partial charge in [0.25, 0.3) is 11.8 Å². The lowest BCUT2D eigenvalue weighted by Crippen LogP contribution is -2.35. The van der Waals surface area contributed by atoms with Gasteiger partial charge in [-0.3, -0.25) is 14.9 Å². The molecule has 0 spiro atoms. The first-order valence-electron chi connectivity index (χ1n) is 9.35. The summed E-state index contributed by atoms with van der Waals surface area (Å²) < 4.78 is 5.82. The first-order valence-corrected chi connectivity index (χ1v) is 10.5. The van der Waals surface area contributed by atoms with E-state index in [1.807, 2.05) is 30.3 Å². The number of anilines is 1. The van der Waals surface area contributed by atoms with Gasteiger partial charge < -0.3 is 15.4 Å². The summed E-state index contributed by atoms with van der Waals surface area (Å²) in [4.78, 5) is 25.2. The highest BCUT2D eigenvalue weighted by atomic mass is 79.9. The van der Waals surface area contributed by atoms with Crippen molar-refractivity contribution in [3.8, 4) is 5.75 Å². The molecule has 0 radical (unpaired) electrons. The molecule has 3 rings (SSSR count). The number of rotatable bonds is 6. The van der Waals surface area contributed by atoms with Crippen LogP contribution in [0.5, 0.6) is 5.75 Å². The number of ether oxygens (including phenoxy) is 1. The predicted octanol–water partition coefficient (Wildman–Crippen LogP) is 4.51. The van der Waals surface area contributed by atoms with Crippen LogP contribution in [0.1, 0.15) is 26.3 Å². The Kier molecular flexibility index (Phi) is 7.75. The predicted molar refractivity (Wildman–Crippen MR) is 128 cm³/mol. The van der Waals surface area contributed by atoms with Crippen LogP contribution in [0, 0.1) is 0 Å². The van der Waals surface area contributed by atoms with Crippen LogP contribution in [0.15, 0.2) is 77.3 Å². The fraction of sp³-hybridized carbons (Fsp3) is 0.0870. The van der Waals surface area contributed by atoms with Gasteiger partial charge in [0.15, 0.2) is 5.11 Å². The van der Waals surface area contributed by atoms with Crippen LogP contribution in [-0.4, -0.2) is 24.0 Å². The Morgan fingerprint density at radius 2 is 1.68 bits per heavy atom. The third-order valence-corrected chi connectivity index (χ3v) is 5.18. The number of amides is 2. The molecule has 0 atom stereocenters. The molecule has 0 unspecified atom stereocenters. The standard InChI is InChI=1S/C23H20BrN3O3S/c1-30-20-12-11-16(13-18(20)24)21(28)27-23(31)26-19-10-6-5-9-17(19)22(29)25-14-15-7-3-2-4-8-15/h2-13H,14H2,1H3,(H,25,29)(H2,26,27,28,31). The van der Waals surface area contributed by atoms with Gasteiger partial charge in [-0.25, -0.2) is 0 Å². The van der Waals surface area contributed by atoms with E-state index >= 15 is 0 Å². The molecule has 0 aliphatic carbocycles. The maximum atomic E-state index is 12.7. The largest absolute Gasteiger partial charge is 0.496 e. The molecule has 2 amide bonds. The quantitative estimate of drug-likeness (QED) is 0.436. The van der Waals surface area contributed by atoms with Crippen LogP contribution in [0.3, 0.4) is 0 Å². The van der Waals surface area contributed by atoms with E-state index in [0.29, 0.717) is 33.6 Å². The Labute approximate surface area is 194 Å². The Hall–Kier alpha value is -3.23. The fourth-order valence-electron chi connectivity index (χ4n) is 2.80. The Morgan fingerprint density at radius 1 is 0.968 bits per heavy atom. The first-order chi connectivity index (χ1) is 15.0. The molecule has 0 fully saturated rings. The van der Waals surface area contributed by atoms with Gasteiger partial charge >= 0.3 is 0 Å². The summed E-state index contributed by atoms with van der Waals surface area (Å²) in [5, 5.41) is 8.52. The van der Waals surface area contributed by atoms with E-state index in [2.05, 4.69) is 31.9 Å². The number of halogens is 1. The highest BCUT2D eigenvalue weighted by Crippen LogP contribution is 2.25. The van der Waals surface area contributed by atoms with Crippen LogP contribution in [0.4, 0.5) is 5.69 Å². The van der Waals surface area contributed by atoms with Gasteiger partial charge in [0.1, 0.15) is 5.75 Å². The average molecular weight is 498 g/mol. The lowest BCUT2D eigenvalue weighted by Gasteiger charge is -2.14. The molecule has 8 heteroatoms. The smallest absolute Gasteiger partial charge is 0.257 e. The van der Waals surface area contributed by atoms with Crippen LogP contribution >= 0.6 is 28.1 Å². The van der Waals surface area contributed by atoms with Crippen LogP contribution < -0.4 is 20.7 Å². The van der Waals surface area contributed by atoms with Crippen molar-refractivity contribution in [2.45, 2.75) is 6.54 Å². The van der Waals surface area contributed by atoms with Crippen molar-refractivity contribution in [3.05, 3.63) is 94.0 Å². The normalized spacial score (nSPS) is 10.1. The summed E-state index contributed by atoms with van der Waals surface area (Å²) >= 11 is 8.62. The molecule has 0 aliphatic heterocycles. The molecule has 3 aromatic rings. The maximum Gasteiger partial charge on any atom is 0.257 e. The third-order valence-electron chi connectivity index (χ3n) is 4.36. The second kappa shape index (κ2) is 10.7. The van der Waals surface area contributed by atoms with Crippen molar-refractivity contribution in [3.63, 3.8) is 0 Å². The molecular formula is C23H20BrN3O3S. The highest BCUT2D eigenvalue weighted by Gasteiger charge is 2.14. The average Bonchev–Trinajstić information content (AvgIpc) is 2.78. The zero-order chi connectivity index (χ0) is 22.2. The van der Waals surface area contributed by atoms with E-state index in [1.54, 1.807) is 49.6 Å². The number of nitrogens with one attached hydrogen (secondary N) is 3. The van der Waals surface area contributed by atoms with E-state index in [1.165, 1.54) is 0 Å². The second-order valence-electron chi connectivity index (χ2n) is 6.47. The number of benzene rings is 3. The Balaban J connectivity index is 1.64. The molecule has 0 aliphatic rings. The van der Waals surface area contributed by atoms with E-state index in [9.17, 15) is 9.59 Å². The fourth-order valence-corrected chi connectivity index (χ4v) is 3.54. The SMILES string of the molecule is COc1ccc(C(=O)NC(=S)Nc2ccccc2C(=O)NCc2ccccc2)cc1Br. The summed E-state index contributed by atoms with van der Waals surface area (Å²) in [6.07, 6.45) is 0. The first kappa shape index (κ1) is 22.5. The summed E-state index contributed by atoms with van der Waals surface area (Å²) in [6.45, 7) is 0.404. The van der Waals surface area contributed by atoms with E-state index < -0.39 is 0 Å². The zero-order valence-corrected chi connectivity index (χ0v) is 19.0. The lowest BCUT2D eigenvalue weighted by atomic mass is 10.1. The number of hydrogen-bond acceptors (Lipinski definition) is 4. The highest BCUT2D eigenvalue weighted by molar-refractivity contribution is 9.10. The molecule has 31 heavy (non-hydrogen) atoms. The van der Waals surface area contributed by atoms with Gasteiger partial charge in [0.2, 0.25) is 0 Å². The Morgan fingerprint density at radius 3 is 2.39 bits per heavy atom. The molecule has 0 bridgehead atoms. The van der Waals surface area contributed by atoms with Gasteiger partial charge in [-0.1, -0.05) is 42.5 Å². The third kappa shape index (κ3) is 6.13. The summed E-state index contributed by atoms with van der Waals surface area (Å²) in [5.74, 6) is -0.0141. The molecular weight excluding hydrogens is 478 g/mol.